The molecule has 146 valence electrons. The van der Waals surface area contributed by atoms with Crippen molar-refractivity contribution in [3.05, 3.63) is 58.4 Å². The van der Waals surface area contributed by atoms with Gasteiger partial charge in [0.25, 0.3) is 5.91 Å². The Kier molecular flexibility index (Phi) is 7.33. The van der Waals surface area contributed by atoms with E-state index in [2.05, 4.69) is 9.88 Å². The van der Waals surface area contributed by atoms with Crippen LogP contribution >= 0.6 is 0 Å². The molecule has 0 saturated heterocycles. The van der Waals surface area contributed by atoms with E-state index in [0.717, 1.165) is 40.5 Å². The van der Waals surface area contributed by atoms with Crippen LogP contribution in [0.5, 0.6) is 0 Å². The zero-order valence-electron chi connectivity index (χ0n) is 16.9. The second-order valence-corrected chi connectivity index (χ2v) is 6.94. The number of nitrogens with one attached hydrogen (secondary N) is 2. The average Bonchev–Trinajstić information content (AvgIpc) is 2.93. The first-order chi connectivity index (χ1) is 12.9. The molecule has 0 aliphatic heterocycles. The van der Waals surface area contributed by atoms with Gasteiger partial charge in [0.1, 0.15) is 13.1 Å². The summed E-state index contributed by atoms with van der Waals surface area (Å²) in [6.07, 6.45) is 0. The molecule has 1 amide bonds. The highest BCUT2D eigenvalue weighted by Crippen LogP contribution is 2.15. The molecule has 2 aromatic rings. The fourth-order valence-corrected chi connectivity index (χ4v) is 3.31. The van der Waals surface area contributed by atoms with Crippen LogP contribution in [-0.4, -0.2) is 50.6 Å². The molecule has 0 saturated carbocycles. The van der Waals surface area contributed by atoms with Crippen molar-refractivity contribution in [3.63, 3.8) is 0 Å². The molecule has 0 aliphatic rings. The second-order valence-electron chi connectivity index (χ2n) is 6.94. The smallest absolute Gasteiger partial charge is 0.251 e. The maximum absolute atomic E-state index is 12.8. The van der Waals surface area contributed by atoms with Crippen molar-refractivity contribution in [2.24, 2.45) is 0 Å². The number of aryl methyl sites for hydroxylation is 1. The molecule has 1 unspecified atom stereocenters. The van der Waals surface area contributed by atoms with E-state index in [4.69, 9.17) is 4.74 Å². The number of ether oxygens (including phenoxy) is 1. The van der Waals surface area contributed by atoms with Crippen LogP contribution in [0.25, 0.3) is 0 Å². The number of rotatable bonds is 9. The maximum atomic E-state index is 12.8. The first-order valence-corrected chi connectivity index (χ1v) is 9.18. The number of carbonyl (C=O) groups is 2. The lowest BCUT2D eigenvalue weighted by atomic mass is 10.1. The van der Waals surface area contributed by atoms with Crippen molar-refractivity contribution >= 4 is 11.7 Å². The van der Waals surface area contributed by atoms with E-state index in [1.165, 1.54) is 0 Å². The highest BCUT2D eigenvalue weighted by atomic mass is 16.5. The van der Waals surface area contributed by atoms with Gasteiger partial charge in [-0.3, -0.25) is 9.59 Å². The van der Waals surface area contributed by atoms with Crippen LogP contribution in [0.1, 0.15) is 37.7 Å². The molecule has 6 heteroatoms. The summed E-state index contributed by atoms with van der Waals surface area (Å²) in [5.74, 6) is 0.0486. The predicted octanol–water partition coefficient (Wildman–Crippen LogP) is 1.01. The lowest BCUT2D eigenvalue weighted by Gasteiger charge is -2.14. The fourth-order valence-electron chi connectivity index (χ4n) is 3.31. The molecule has 2 rings (SSSR count). The van der Waals surface area contributed by atoms with E-state index in [1.807, 2.05) is 51.2 Å². The highest BCUT2D eigenvalue weighted by Gasteiger charge is 2.19. The van der Waals surface area contributed by atoms with Gasteiger partial charge in [0.15, 0.2) is 0 Å². The number of benzene rings is 1. The number of amides is 1. The molecule has 0 radical (unpaired) electrons. The van der Waals surface area contributed by atoms with Gasteiger partial charge in [-0.1, -0.05) is 12.1 Å². The Labute approximate surface area is 161 Å². The van der Waals surface area contributed by atoms with Crippen molar-refractivity contribution in [1.29, 1.82) is 0 Å². The van der Waals surface area contributed by atoms with Crippen LogP contribution in [0.15, 0.2) is 30.3 Å². The number of aromatic nitrogens is 1. The van der Waals surface area contributed by atoms with Gasteiger partial charge in [0.2, 0.25) is 5.78 Å². The van der Waals surface area contributed by atoms with Crippen LogP contribution < -0.4 is 10.2 Å². The normalized spacial score (nSPS) is 12.0. The number of carbonyl (C=O) groups excluding carboxylic acids is 2. The predicted molar refractivity (Wildman–Crippen MR) is 105 cm³/mol. The first-order valence-electron chi connectivity index (χ1n) is 9.18. The van der Waals surface area contributed by atoms with E-state index in [0.29, 0.717) is 18.7 Å². The van der Waals surface area contributed by atoms with E-state index in [9.17, 15) is 9.59 Å². The topological polar surface area (TPSA) is 64.8 Å². The third-order valence-electron chi connectivity index (χ3n) is 4.80. The van der Waals surface area contributed by atoms with Crippen LogP contribution in [0.2, 0.25) is 0 Å². The molecule has 1 aromatic carbocycles. The number of Topliss-reactive ketones (excluding diaryl/α,β-unsaturated/α-hetero) is 1. The van der Waals surface area contributed by atoms with Gasteiger partial charge in [-0.2, -0.15) is 0 Å². The van der Waals surface area contributed by atoms with Gasteiger partial charge in [-0.05, 0) is 32.0 Å². The molecule has 2 N–H and O–H groups in total. The van der Waals surface area contributed by atoms with Crippen molar-refractivity contribution in [2.45, 2.75) is 26.9 Å². The molecule has 0 spiro atoms. The largest absolute Gasteiger partial charge is 0.383 e. The number of methoxy groups -OCH3 is 1. The van der Waals surface area contributed by atoms with Crippen molar-refractivity contribution in [1.82, 2.24) is 9.88 Å². The Morgan fingerprint density at radius 2 is 1.85 bits per heavy atom. The third-order valence-corrected chi connectivity index (χ3v) is 4.80. The first kappa shape index (κ1) is 20.9. The summed E-state index contributed by atoms with van der Waals surface area (Å²) in [5.41, 5.74) is 4.60. The van der Waals surface area contributed by atoms with Gasteiger partial charge in [0, 0.05) is 48.8 Å². The molecule has 0 bridgehead atoms. The molecular formula is C21H30N3O3+. The Morgan fingerprint density at radius 1 is 1.19 bits per heavy atom. The van der Waals surface area contributed by atoms with Crippen LogP contribution in [0.4, 0.5) is 0 Å². The van der Waals surface area contributed by atoms with Gasteiger partial charge in [0.05, 0.1) is 13.7 Å². The Hall–Kier alpha value is -2.44. The van der Waals surface area contributed by atoms with E-state index in [-0.39, 0.29) is 11.7 Å². The number of quaternary nitrogens is 1. The van der Waals surface area contributed by atoms with Crippen LogP contribution in [0, 0.1) is 13.8 Å². The Morgan fingerprint density at radius 3 is 2.44 bits per heavy atom. The summed E-state index contributed by atoms with van der Waals surface area (Å²) < 4.78 is 7.28. The van der Waals surface area contributed by atoms with Gasteiger partial charge < -0.3 is 19.5 Å². The minimum Gasteiger partial charge on any atom is -0.383 e. The second kappa shape index (κ2) is 9.48. The quantitative estimate of drug-likeness (QED) is 0.646. The summed E-state index contributed by atoms with van der Waals surface area (Å²) in [6, 6.07) is 9.47. The SMILES string of the molecule is CNC(=O)c1ccc(C[NH+](C)CC(=O)c2cc(C)n(CCOC)c2C)cc1. The molecule has 0 aliphatic carbocycles. The third kappa shape index (κ3) is 5.28. The lowest BCUT2D eigenvalue weighted by Crippen LogP contribution is -3.08. The molecule has 1 atom stereocenters. The summed E-state index contributed by atoms with van der Waals surface area (Å²) in [7, 11) is 5.31. The highest BCUT2D eigenvalue weighted by molar-refractivity contribution is 5.98. The lowest BCUT2D eigenvalue weighted by molar-refractivity contribution is -0.884. The fraction of sp³-hybridized carbons (Fsp3) is 0.429. The van der Waals surface area contributed by atoms with Gasteiger partial charge in [-0.25, -0.2) is 0 Å². The minimum absolute atomic E-state index is 0.0961. The van der Waals surface area contributed by atoms with E-state index >= 15 is 0 Å². The molecule has 6 nitrogen and oxygen atoms in total. The number of hydrogen-bond donors (Lipinski definition) is 2. The zero-order chi connectivity index (χ0) is 20.0. The molecular weight excluding hydrogens is 342 g/mol. The van der Waals surface area contributed by atoms with Crippen molar-refractivity contribution in [2.75, 3.05) is 34.4 Å². The number of ketones is 1. The van der Waals surface area contributed by atoms with E-state index in [1.54, 1.807) is 14.2 Å². The number of nitrogens with zero attached hydrogens (tertiary/aromatic N) is 1. The number of likely N-dealkylation sites (N-methyl/N-ethyl adjacent to an activating group) is 1. The zero-order valence-corrected chi connectivity index (χ0v) is 16.9. The van der Waals surface area contributed by atoms with Gasteiger partial charge >= 0.3 is 0 Å². The van der Waals surface area contributed by atoms with Crippen molar-refractivity contribution < 1.29 is 19.2 Å². The Balaban J connectivity index is 2.00. The Bertz CT molecular complexity index is 794. The van der Waals surface area contributed by atoms with Crippen LogP contribution in [-0.2, 0) is 17.8 Å². The summed E-state index contributed by atoms with van der Waals surface area (Å²) in [4.78, 5) is 25.5. The average molecular weight is 372 g/mol. The molecule has 1 aromatic heterocycles. The number of hydrogen-bond acceptors (Lipinski definition) is 3. The summed E-state index contributed by atoms with van der Waals surface area (Å²) in [6.45, 7) is 6.53. The molecule has 0 fully saturated rings. The molecule has 27 heavy (non-hydrogen) atoms. The standard InChI is InChI=1S/C21H29N3O3/c1-15-12-19(16(2)24(15)10-11-27-5)20(25)14-23(4)13-17-6-8-18(9-7-17)21(26)22-3/h6-9,12H,10-11,13-14H2,1-5H3,(H,22,26)/p+1. The monoisotopic (exact) mass is 372 g/mol. The van der Waals surface area contributed by atoms with Crippen molar-refractivity contribution in [3.8, 4) is 0 Å². The maximum Gasteiger partial charge on any atom is 0.251 e. The van der Waals surface area contributed by atoms with Gasteiger partial charge in [-0.15, -0.1) is 0 Å². The summed E-state index contributed by atoms with van der Waals surface area (Å²) in [5, 5.41) is 2.61. The van der Waals surface area contributed by atoms with Crippen LogP contribution in [0.3, 0.4) is 0 Å². The van der Waals surface area contributed by atoms with E-state index < -0.39 is 0 Å². The summed E-state index contributed by atoms with van der Waals surface area (Å²) >= 11 is 0. The molecule has 1 heterocycles. The minimum atomic E-state index is -0.0961.